The Hall–Kier alpha value is -8.40. The smallest absolute Gasteiger partial charge is 0.322 e. The Bertz CT molecular complexity index is 2820. The number of carboxylic acids is 1. The van der Waals surface area contributed by atoms with Gasteiger partial charge in [0.15, 0.2) is 5.96 Å². The number of rotatable bonds is 37. The largest absolute Gasteiger partial charge is 0.480 e. The van der Waals surface area contributed by atoms with Crippen LogP contribution in [0.2, 0.25) is 0 Å². The first kappa shape index (κ1) is 75.1. The van der Waals surface area contributed by atoms with Gasteiger partial charge in [-0.15, -0.1) is 0 Å². The molecule has 0 aromatic carbocycles. The van der Waals surface area contributed by atoms with E-state index in [-0.39, 0.29) is 95.2 Å². The lowest BCUT2D eigenvalue weighted by Crippen LogP contribution is -2.61. The number of guanidine groups is 1. The summed E-state index contributed by atoms with van der Waals surface area (Å²) in [7, 11) is 0. The van der Waals surface area contributed by atoms with E-state index in [9.17, 15) is 62.6 Å². The summed E-state index contributed by atoms with van der Waals surface area (Å²) in [6, 6.07) is -13.5. The first-order valence-corrected chi connectivity index (χ1v) is 31.9. The molecule has 506 valence electrons. The van der Waals surface area contributed by atoms with Crippen molar-refractivity contribution in [1.29, 1.82) is 0 Å². The first-order valence-electron chi connectivity index (χ1n) is 30.5. The maximum atomic E-state index is 14.6. The predicted molar refractivity (Wildman–Crippen MR) is 333 cm³/mol. The molecule has 2 aromatic heterocycles. The van der Waals surface area contributed by atoms with Crippen LogP contribution in [-0.2, 0) is 70.4 Å². The van der Waals surface area contributed by atoms with Crippen molar-refractivity contribution >= 4 is 88.7 Å². The van der Waals surface area contributed by atoms with E-state index in [0.717, 1.165) is 0 Å². The summed E-state index contributed by atoms with van der Waals surface area (Å²) in [5, 5.41) is 42.7. The lowest BCUT2D eigenvalue weighted by atomic mass is 10.0. The molecule has 2 aliphatic heterocycles. The van der Waals surface area contributed by atoms with E-state index < -0.39 is 150 Å². The fourth-order valence-electron chi connectivity index (χ4n) is 10.3. The molecule has 0 saturated carbocycles. The van der Waals surface area contributed by atoms with Gasteiger partial charge in [-0.2, -0.15) is 11.8 Å². The average Bonchev–Trinajstić information content (AvgIpc) is 1.97. The quantitative estimate of drug-likeness (QED) is 0.0173. The Morgan fingerprint density at radius 2 is 1.11 bits per heavy atom. The fraction of sp³-hybridized carbons (Fsp3) is 0.667. The number of hydrogen-bond acceptors (Lipinski definition) is 18. The summed E-state index contributed by atoms with van der Waals surface area (Å²) < 4.78 is 0. The summed E-state index contributed by atoms with van der Waals surface area (Å²) in [5.74, 6) is -9.56. The van der Waals surface area contributed by atoms with Gasteiger partial charge < -0.3 is 95.0 Å². The maximum Gasteiger partial charge on any atom is 0.322 e. The highest BCUT2D eigenvalue weighted by Crippen LogP contribution is 2.23. The second kappa shape index (κ2) is 37.1. The van der Waals surface area contributed by atoms with Crippen LogP contribution < -0.4 is 65.1 Å². The van der Waals surface area contributed by atoms with Crippen LogP contribution in [0.3, 0.4) is 0 Å². The molecule has 0 unspecified atom stereocenters. The van der Waals surface area contributed by atoms with Crippen LogP contribution in [0.4, 0.5) is 0 Å². The van der Waals surface area contributed by atoms with Crippen LogP contribution in [0.25, 0.3) is 0 Å². The van der Waals surface area contributed by atoms with Crippen LogP contribution in [0, 0.1) is 11.8 Å². The molecule has 0 aliphatic carbocycles. The molecule has 91 heavy (non-hydrogen) atoms. The van der Waals surface area contributed by atoms with Gasteiger partial charge in [-0.25, -0.2) is 9.97 Å². The van der Waals surface area contributed by atoms with Gasteiger partial charge >= 0.3 is 5.97 Å². The van der Waals surface area contributed by atoms with Crippen molar-refractivity contribution in [3.05, 3.63) is 36.4 Å². The molecule has 33 nitrogen and oxygen atoms in total. The lowest BCUT2D eigenvalue weighted by Gasteiger charge is -2.32. The van der Waals surface area contributed by atoms with Crippen LogP contribution in [-0.4, -0.2) is 228 Å². The number of hydrogen-bond donors (Lipinski definition) is 16. The number of aromatic amines is 2. The highest BCUT2D eigenvalue weighted by atomic mass is 32.2. The Morgan fingerprint density at radius 3 is 1.63 bits per heavy atom. The molecule has 4 heterocycles. The number of H-pyrrole nitrogens is 2. The molecule has 34 heteroatoms. The topological polar surface area (TPSA) is 508 Å². The summed E-state index contributed by atoms with van der Waals surface area (Å²) in [6.45, 7) is 10.8. The zero-order valence-corrected chi connectivity index (χ0v) is 53.7. The molecule has 11 amide bonds. The number of aromatic nitrogens is 4. The molecule has 2 aromatic rings. The summed E-state index contributed by atoms with van der Waals surface area (Å²) >= 11 is 1.42. The van der Waals surface area contributed by atoms with Gasteiger partial charge in [-0.1, -0.05) is 27.7 Å². The Labute approximate surface area is 532 Å². The molecular weight excluding hydrogens is 1210 g/mol. The van der Waals surface area contributed by atoms with Gasteiger partial charge in [0.1, 0.15) is 67.0 Å². The van der Waals surface area contributed by atoms with E-state index in [1.54, 1.807) is 13.8 Å². The van der Waals surface area contributed by atoms with Crippen molar-refractivity contribution in [3.8, 4) is 0 Å². The molecule has 4 rings (SSSR count). The standard InChI is InChI=1S/C57H93N19O14S/c1-29(2)20-39(72-47(81)36(58)22-34-24-61-27-65-34)49(83)68-32(6)55(89)75-17-10-13-42(75)53(87)70-38(15-19-91-8)56(90)76-18-11-14-43(76)52(86)69-37(12-9-16-63-57(59)60)48(82)67-31(5)46(80)71-40(21-30(3)4)50(84)73-41(23-35-25-62-28-66-35)51(85)74-45(33(7)77)54(88)64-26-44(78)79/h24-25,27-33,36-43,45,77H,9-23,26,58H2,1-8H3,(H,61,65)(H,62,66)(H,64,88)(H,67,82)(H,68,83)(H,69,86)(H,70,87)(H,71,80)(H,72,81)(H,73,84)(H,74,85)(H,78,79)(H4,59,60,63)/t31-,32-,33+,36-,37-,38-,39-,40-,41-,42-,43-,45-/m0/s1. The number of thioether (sulfide) groups is 1. The van der Waals surface area contributed by atoms with Crippen molar-refractivity contribution in [2.24, 2.45) is 34.0 Å². The van der Waals surface area contributed by atoms with E-state index in [0.29, 0.717) is 30.0 Å². The molecule has 0 radical (unpaired) electrons. The minimum absolute atomic E-state index is 0.0285. The third kappa shape index (κ3) is 24.4. The van der Waals surface area contributed by atoms with Crippen molar-refractivity contribution in [3.63, 3.8) is 0 Å². The van der Waals surface area contributed by atoms with Gasteiger partial charge in [0, 0.05) is 56.3 Å². The zero-order chi connectivity index (χ0) is 67.6. The van der Waals surface area contributed by atoms with Crippen molar-refractivity contribution in [2.75, 3.05) is 38.2 Å². The SMILES string of the molecule is CSCC[C@H](NC(=O)[C@@H]1CCCN1C(=O)[C@H](C)NC(=O)[C@H](CC(C)C)NC(=O)[C@@H](N)Cc1cnc[nH]1)C(=O)N1CCC[C@H]1C(=O)N[C@@H](CCCN=C(N)N)C(=O)N[C@@H](C)C(=O)N[C@@H](CC(C)C)C(=O)N[C@@H](Cc1cnc[nH]1)C(=O)N[C@H](C(=O)NCC(=O)O)[C@@H](C)O. The minimum atomic E-state index is -1.63. The maximum absolute atomic E-state index is 14.6. The number of imidazole rings is 2. The number of aliphatic hydroxyl groups excluding tert-OH is 1. The zero-order valence-electron chi connectivity index (χ0n) is 52.9. The van der Waals surface area contributed by atoms with Crippen LogP contribution in [0.15, 0.2) is 30.0 Å². The van der Waals surface area contributed by atoms with E-state index in [2.05, 4.69) is 72.8 Å². The summed E-state index contributed by atoms with van der Waals surface area (Å²) in [5.41, 5.74) is 18.2. The number of aliphatic carboxylic acids is 1. The molecule has 2 aliphatic rings. The number of likely N-dealkylation sites (tertiary alicyclic amines) is 2. The van der Waals surface area contributed by atoms with E-state index in [1.807, 2.05) is 20.1 Å². The van der Waals surface area contributed by atoms with Crippen LogP contribution >= 0.6 is 11.8 Å². The van der Waals surface area contributed by atoms with Gasteiger partial charge in [0.2, 0.25) is 65.0 Å². The highest BCUT2D eigenvalue weighted by Gasteiger charge is 2.43. The highest BCUT2D eigenvalue weighted by molar-refractivity contribution is 7.98. The van der Waals surface area contributed by atoms with E-state index in [1.165, 1.54) is 67.4 Å². The normalized spacial score (nSPS) is 17.9. The number of nitrogens with two attached hydrogens (primary N) is 3. The van der Waals surface area contributed by atoms with Crippen LogP contribution in [0.5, 0.6) is 0 Å². The van der Waals surface area contributed by atoms with Gasteiger partial charge in [-0.3, -0.25) is 62.5 Å². The third-order valence-corrected chi connectivity index (χ3v) is 15.7. The van der Waals surface area contributed by atoms with Gasteiger partial charge in [0.05, 0.1) is 24.8 Å². The second-order valence-corrected chi connectivity index (χ2v) is 24.6. The van der Waals surface area contributed by atoms with Crippen LogP contribution in [0.1, 0.15) is 118 Å². The van der Waals surface area contributed by atoms with Gasteiger partial charge in [0.25, 0.3) is 0 Å². The molecule has 2 fully saturated rings. The number of aliphatic hydroxyl groups is 1. The third-order valence-electron chi connectivity index (χ3n) is 15.1. The number of carbonyl (C=O) groups excluding carboxylic acids is 11. The second-order valence-electron chi connectivity index (χ2n) is 23.6. The molecule has 12 atom stereocenters. The average molecular weight is 1300 g/mol. The molecular formula is C57H93N19O14S. The van der Waals surface area contributed by atoms with E-state index >= 15 is 0 Å². The first-order chi connectivity index (χ1) is 43.0. The van der Waals surface area contributed by atoms with Gasteiger partial charge in [-0.05, 0) is 102 Å². The number of carboxylic acid groups (broad SMARTS) is 1. The molecule has 19 N–H and O–H groups in total. The molecule has 0 spiro atoms. The summed E-state index contributed by atoms with van der Waals surface area (Å²) in [6.07, 6.45) is 7.73. The number of nitrogens with one attached hydrogen (secondary N) is 11. The fourth-order valence-corrected chi connectivity index (χ4v) is 10.8. The number of aliphatic imine (C=N–C) groups is 1. The summed E-state index contributed by atoms with van der Waals surface area (Å²) in [4.78, 5) is 184. The molecule has 2 saturated heterocycles. The Balaban J connectivity index is 1.46. The number of nitrogens with zero attached hydrogens (tertiary/aromatic N) is 5. The Kier molecular flexibility index (Phi) is 30.6. The van der Waals surface area contributed by atoms with E-state index in [4.69, 9.17) is 22.3 Å². The molecule has 0 bridgehead atoms. The number of carbonyl (C=O) groups is 12. The minimum Gasteiger partial charge on any atom is -0.480 e. The monoisotopic (exact) mass is 1300 g/mol. The lowest BCUT2D eigenvalue weighted by molar-refractivity contribution is -0.144. The predicted octanol–water partition coefficient (Wildman–Crippen LogP) is -4.37. The number of amides is 11. The van der Waals surface area contributed by atoms with Crippen molar-refractivity contribution < 1.29 is 67.7 Å². The van der Waals surface area contributed by atoms with Crippen molar-refractivity contribution in [2.45, 2.75) is 192 Å². The van der Waals surface area contributed by atoms with Crippen molar-refractivity contribution in [1.82, 2.24) is 77.6 Å². The Morgan fingerprint density at radius 1 is 0.615 bits per heavy atom.